The van der Waals surface area contributed by atoms with Crippen molar-refractivity contribution in [3.05, 3.63) is 0 Å². The molecule has 2 atom stereocenters. The first-order valence-corrected chi connectivity index (χ1v) is 23.0. The highest BCUT2D eigenvalue weighted by Gasteiger charge is 2.17. The summed E-state index contributed by atoms with van der Waals surface area (Å²) in [6.45, 7) is 10.3. The van der Waals surface area contributed by atoms with E-state index in [4.69, 9.17) is 9.47 Å². The van der Waals surface area contributed by atoms with Crippen LogP contribution in [0.2, 0.25) is 0 Å². The largest absolute Gasteiger partial charge is 0.466 e. The van der Waals surface area contributed by atoms with E-state index in [9.17, 15) is 9.59 Å². The first-order chi connectivity index (χ1) is 25.0. The Morgan fingerprint density at radius 3 is 1.16 bits per heavy atom. The second-order valence-corrected chi connectivity index (χ2v) is 16.6. The van der Waals surface area contributed by atoms with Crippen LogP contribution >= 0.6 is 0 Å². The molecule has 0 aromatic rings. The zero-order valence-corrected chi connectivity index (χ0v) is 35.0. The van der Waals surface area contributed by atoms with Gasteiger partial charge in [0, 0.05) is 12.8 Å². The zero-order valence-electron chi connectivity index (χ0n) is 35.0. The standard InChI is InChI=1S/C46H89NO4/c1-5-8-30-43-34-26-20-21-27-35-44(31-9-6-2)41-46(49)51-39-29-23-17-13-11-15-19-25-33-42(36-37-47(4)7-3)32-24-18-14-10-12-16-22-28-38-50-45(48)40-43/h42-44H,5-41H2,1-4H3. The van der Waals surface area contributed by atoms with Crippen molar-refractivity contribution in [3.63, 3.8) is 0 Å². The Kier molecular flexibility index (Phi) is 33.7. The highest BCUT2D eigenvalue weighted by Crippen LogP contribution is 2.25. The molecule has 1 fully saturated rings. The van der Waals surface area contributed by atoms with Crippen molar-refractivity contribution in [2.75, 3.05) is 33.4 Å². The number of carbonyl (C=O) groups is 2. The van der Waals surface area contributed by atoms with Gasteiger partial charge in [-0.1, -0.05) is 175 Å². The molecule has 302 valence electrons. The molecule has 2 unspecified atom stereocenters. The first-order valence-electron chi connectivity index (χ1n) is 23.0. The molecule has 0 radical (unpaired) electrons. The third-order valence-electron chi connectivity index (χ3n) is 11.8. The van der Waals surface area contributed by atoms with Gasteiger partial charge in [0.05, 0.1) is 13.2 Å². The van der Waals surface area contributed by atoms with Gasteiger partial charge < -0.3 is 14.4 Å². The molecule has 0 amide bonds. The highest BCUT2D eigenvalue weighted by atomic mass is 16.5. The second kappa shape index (κ2) is 35.9. The summed E-state index contributed by atoms with van der Waals surface area (Å²) in [5, 5.41) is 0. The van der Waals surface area contributed by atoms with Gasteiger partial charge in [-0.2, -0.15) is 0 Å². The molecule has 0 N–H and O–H groups in total. The predicted octanol–water partition coefficient (Wildman–Crippen LogP) is 13.8. The highest BCUT2D eigenvalue weighted by molar-refractivity contribution is 5.70. The Bertz CT molecular complexity index is 716. The molecular formula is C46H89NO4. The van der Waals surface area contributed by atoms with Crippen LogP contribution in [0.15, 0.2) is 0 Å². The SMILES string of the molecule is CCCCC1CCCCCCC(CCCC)CC(=O)OCCCCCCCCCCC(CCN(C)CC)CCCCCCCCCCOC(=O)C1. The quantitative estimate of drug-likeness (QED) is 0.210. The summed E-state index contributed by atoms with van der Waals surface area (Å²) >= 11 is 0. The third-order valence-corrected chi connectivity index (χ3v) is 11.8. The average molecular weight is 720 g/mol. The maximum absolute atomic E-state index is 12.7. The van der Waals surface area contributed by atoms with Gasteiger partial charge >= 0.3 is 11.9 Å². The lowest BCUT2D eigenvalue weighted by atomic mass is 9.90. The molecule has 5 nitrogen and oxygen atoms in total. The van der Waals surface area contributed by atoms with E-state index in [1.807, 2.05) is 0 Å². The summed E-state index contributed by atoms with van der Waals surface area (Å²) in [6, 6.07) is 0. The monoisotopic (exact) mass is 720 g/mol. The minimum atomic E-state index is 0.0223. The van der Waals surface area contributed by atoms with Crippen LogP contribution < -0.4 is 0 Å². The summed E-state index contributed by atoms with van der Waals surface area (Å²) in [4.78, 5) is 27.8. The fourth-order valence-electron chi connectivity index (χ4n) is 8.05. The molecule has 1 aliphatic heterocycles. The molecular weight excluding hydrogens is 631 g/mol. The van der Waals surface area contributed by atoms with Crippen LogP contribution in [0.5, 0.6) is 0 Å². The number of unbranched alkanes of at least 4 members (excludes halogenated alkanes) is 2. The normalized spacial score (nSPS) is 24.5. The van der Waals surface area contributed by atoms with Crippen molar-refractivity contribution in [1.29, 1.82) is 0 Å². The van der Waals surface area contributed by atoms with Crippen LogP contribution in [0.4, 0.5) is 0 Å². The number of ether oxygens (including phenoxy) is 2. The Morgan fingerprint density at radius 1 is 0.471 bits per heavy atom. The predicted molar refractivity (Wildman–Crippen MR) is 219 cm³/mol. The zero-order chi connectivity index (χ0) is 37.0. The Morgan fingerprint density at radius 2 is 0.804 bits per heavy atom. The topological polar surface area (TPSA) is 55.8 Å². The van der Waals surface area contributed by atoms with Crippen molar-refractivity contribution >= 4 is 11.9 Å². The van der Waals surface area contributed by atoms with Crippen LogP contribution in [0.25, 0.3) is 0 Å². The van der Waals surface area contributed by atoms with Crippen LogP contribution in [0.3, 0.4) is 0 Å². The average Bonchev–Trinajstić information content (AvgIpc) is 3.12. The van der Waals surface area contributed by atoms with Crippen molar-refractivity contribution in [3.8, 4) is 0 Å². The lowest BCUT2D eigenvalue weighted by Crippen LogP contribution is -2.21. The summed E-state index contributed by atoms with van der Waals surface area (Å²) in [7, 11) is 2.27. The molecule has 1 rings (SSSR count). The van der Waals surface area contributed by atoms with E-state index in [1.54, 1.807) is 0 Å². The van der Waals surface area contributed by atoms with E-state index in [1.165, 1.54) is 167 Å². The van der Waals surface area contributed by atoms with Crippen molar-refractivity contribution in [1.82, 2.24) is 4.90 Å². The molecule has 0 aliphatic carbocycles. The fourth-order valence-corrected chi connectivity index (χ4v) is 8.05. The van der Waals surface area contributed by atoms with Gasteiger partial charge in [-0.3, -0.25) is 9.59 Å². The lowest BCUT2D eigenvalue weighted by Gasteiger charge is -2.21. The van der Waals surface area contributed by atoms with Crippen molar-refractivity contribution < 1.29 is 19.1 Å². The molecule has 51 heavy (non-hydrogen) atoms. The van der Waals surface area contributed by atoms with E-state index in [0.717, 1.165) is 51.0 Å². The van der Waals surface area contributed by atoms with Gasteiger partial charge in [0.15, 0.2) is 0 Å². The number of carbonyl (C=O) groups excluding carboxylic acids is 2. The van der Waals surface area contributed by atoms with E-state index < -0.39 is 0 Å². The second-order valence-electron chi connectivity index (χ2n) is 16.6. The number of esters is 2. The molecule has 0 spiro atoms. The third kappa shape index (κ3) is 31.0. The molecule has 1 heterocycles. The van der Waals surface area contributed by atoms with Gasteiger partial charge in [0.1, 0.15) is 0 Å². The number of hydrogen-bond donors (Lipinski definition) is 0. The van der Waals surface area contributed by atoms with Crippen molar-refractivity contribution in [2.24, 2.45) is 17.8 Å². The minimum absolute atomic E-state index is 0.0223. The summed E-state index contributed by atoms with van der Waals surface area (Å²) in [5.74, 6) is 1.86. The molecule has 0 saturated carbocycles. The molecule has 0 aromatic heterocycles. The summed E-state index contributed by atoms with van der Waals surface area (Å²) in [6.07, 6.45) is 40.1. The first kappa shape index (κ1) is 47.9. The van der Waals surface area contributed by atoms with E-state index >= 15 is 0 Å². The van der Waals surface area contributed by atoms with Crippen LogP contribution in [0, 0.1) is 17.8 Å². The van der Waals surface area contributed by atoms with Gasteiger partial charge in [0.2, 0.25) is 0 Å². The Hall–Kier alpha value is -1.10. The molecule has 1 saturated heterocycles. The Labute approximate surface area is 318 Å². The molecule has 1 aliphatic rings. The van der Waals surface area contributed by atoms with Crippen LogP contribution in [0.1, 0.15) is 233 Å². The summed E-state index contributed by atoms with van der Waals surface area (Å²) in [5.41, 5.74) is 0. The van der Waals surface area contributed by atoms with Gasteiger partial charge in [-0.15, -0.1) is 0 Å². The smallest absolute Gasteiger partial charge is 0.306 e. The van der Waals surface area contributed by atoms with E-state index in [-0.39, 0.29) is 11.9 Å². The van der Waals surface area contributed by atoms with Gasteiger partial charge in [-0.05, 0) is 82.8 Å². The fraction of sp³-hybridized carbons (Fsp3) is 0.957. The lowest BCUT2D eigenvalue weighted by molar-refractivity contribution is -0.146. The molecule has 5 heteroatoms. The minimum Gasteiger partial charge on any atom is -0.466 e. The van der Waals surface area contributed by atoms with Crippen LogP contribution in [-0.4, -0.2) is 50.2 Å². The molecule has 0 aromatic carbocycles. The van der Waals surface area contributed by atoms with Crippen molar-refractivity contribution in [2.45, 2.75) is 233 Å². The van der Waals surface area contributed by atoms with E-state index in [0.29, 0.717) is 37.9 Å². The number of nitrogens with zero attached hydrogens (tertiary/aromatic N) is 1. The maximum Gasteiger partial charge on any atom is 0.306 e. The van der Waals surface area contributed by atoms with E-state index in [2.05, 4.69) is 32.7 Å². The number of hydrogen-bond acceptors (Lipinski definition) is 5. The van der Waals surface area contributed by atoms with Crippen LogP contribution in [-0.2, 0) is 19.1 Å². The summed E-state index contributed by atoms with van der Waals surface area (Å²) < 4.78 is 11.4. The Balaban J connectivity index is 2.57. The number of rotatable bonds is 10. The van der Waals surface area contributed by atoms with Gasteiger partial charge in [-0.25, -0.2) is 0 Å². The maximum atomic E-state index is 12.7. The van der Waals surface area contributed by atoms with Gasteiger partial charge in [0.25, 0.3) is 0 Å². The molecule has 0 bridgehead atoms. The number of cyclic esters (lactones) is 2.